The molecule has 4 rings (SSSR count). The predicted octanol–water partition coefficient (Wildman–Crippen LogP) is 3.86. The van der Waals surface area contributed by atoms with E-state index in [1.165, 1.54) is 23.5 Å². The summed E-state index contributed by atoms with van der Waals surface area (Å²) in [6.45, 7) is 1.86. The number of sulfonamides is 1. The number of carbonyl (C=O) groups is 2. The number of amides is 2. The van der Waals surface area contributed by atoms with Gasteiger partial charge in [0.25, 0.3) is 5.91 Å². The van der Waals surface area contributed by atoms with Gasteiger partial charge in [0.15, 0.2) is 0 Å². The smallest absolute Gasteiger partial charge is 0.284 e. The van der Waals surface area contributed by atoms with Gasteiger partial charge < -0.3 is 5.32 Å². The highest BCUT2D eigenvalue weighted by atomic mass is 32.2. The molecule has 0 aliphatic carbocycles. The average Bonchev–Trinajstić information content (AvgIpc) is 3.27. The van der Waals surface area contributed by atoms with Crippen LogP contribution in [-0.4, -0.2) is 31.5 Å². The zero-order valence-corrected chi connectivity index (χ0v) is 20.3. The summed E-state index contributed by atoms with van der Waals surface area (Å²) >= 11 is 1.20. The Kier molecular flexibility index (Phi) is 7.27. The van der Waals surface area contributed by atoms with E-state index in [1.807, 2.05) is 37.3 Å². The first-order chi connectivity index (χ1) is 16.7. The highest BCUT2D eigenvalue weighted by Crippen LogP contribution is 2.28. The highest BCUT2D eigenvalue weighted by molar-refractivity contribution is 7.89. The SMILES string of the molecule is Cc1ccc(S(=O)(=O)N[C@@H](Cc2ccccc2)C(=O)Nc2ccc3sc(C(=O)NO)cc3c2)cc1. The lowest BCUT2D eigenvalue weighted by atomic mass is 10.1. The maximum atomic E-state index is 13.2. The van der Waals surface area contributed by atoms with Gasteiger partial charge in [-0.2, -0.15) is 4.72 Å². The van der Waals surface area contributed by atoms with Crippen molar-refractivity contribution >= 4 is 48.9 Å². The molecule has 0 aliphatic heterocycles. The van der Waals surface area contributed by atoms with Crippen LogP contribution in [0.3, 0.4) is 0 Å². The van der Waals surface area contributed by atoms with E-state index in [0.29, 0.717) is 16.0 Å². The van der Waals surface area contributed by atoms with Crippen molar-refractivity contribution in [3.63, 3.8) is 0 Å². The molecular formula is C25H23N3O5S2. The van der Waals surface area contributed by atoms with Crippen molar-refractivity contribution in [1.29, 1.82) is 0 Å². The minimum Gasteiger partial charge on any atom is -0.325 e. The molecule has 0 spiro atoms. The van der Waals surface area contributed by atoms with Gasteiger partial charge in [-0.3, -0.25) is 14.8 Å². The second kappa shape index (κ2) is 10.4. The van der Waals surface area contributed by atoms with Gasteiger partial charge in [-0.1, -0.05) is 48.0 Å². The van der Waals surface area contributed by atoms with Crippen molar-refractivity contribution < 1.29 is 23.2 Å². The second-order valence-electron chi connectivity index (χ2n) is 7.97. The zero-order valence-electron chi connectivity index (χ0n) is 18.7. The van der Waals surface area contributed by atoms with Crippen LogP contribution in [0.4, 0.5) is 5.69 Å². The fourth-order valence-electron chi connectivity index (χ4n) is 3.53. The Bertz CT molecular complexity index is 1470. The van der Waals surface area contributed by atoms with Gasteiger partial charge >= 0.3 is 0 Å². The van der Waals surface area contributed by atoms with Crippen LogP contribution < -0.4 is 15.5 Å². The summed E-state index contributed by atoms with van der Waals surface area (Å²) in [5, 5.41) is 12.3. The van der Waals surface area contributed by atoms with Gasteiger partial charge in [0.05, 0.1) is 9.77 Å². The molecule has 35 heavy (non-hydrogen) atoms. The van der Waals surface area contributed by atoms with Crippen molar-refractivity contribution in [2.45, 2.75) is 24.3 Å². The number of rotatable bonds is 8. The van der Waals surface area contributed by atoms with Gasteiger partial charge in [0, 0.05) is 10.4 Å². The Balaban J connectivity index is 1.59. The largest absolute Gasteiger partial charge is 0.325 e. The van der Waals surface area contributed by atoms with E-state index in [0.717, 1.165) is 15.8 Å². The highest BCUT2D eigenvalue weighted by Gasteiger charge is 2.26. The van der Waals surface area contributed by atoms with Gasteiger partial charge in [0.2, 0.25) is 15.9 Å². The normalized spacial score (nSPS) is 12.3. The molecule has 0 bridgehead atoms. The molecule has 1 aromatic heterocycles. The number of aryl methyl sites for hydroxylation is 1. The molecule has 2 amide bonds. The number of hydroxylamine groups is 1. The summed E-state index contributed by atoms with van der Waals surface area (Å²) < 4.78 is 29.4. The van der Waals surface area contributed by atoms with Crippen LogP contribution in [-0.2, 0) is 21.2 Å². The molecule has 0 radical (unpaired) electrons. The molecule has 180 valence electrons. The topological polar surface area (TPSA) is 125 Å². The standard InChI is InChI=1S/C25H23N3O5S2/c1-16-7-10-20(11-8-16)35(32,33)28-21(13-17-5-3-2-4-6-17)24(29)26-19-9-12-22-18(14-19)15-23(34-22)25(30)27-31/h2-12,14-15,21,28,31H,13H2,1H3,(H,26,29)(H,27,30)/t21-/m0/s1. The Morgan fingerprint density at radius 1 is 0.971 bits per heavy atom. The minimum absolute atomic E-state index is 0.0725. The summed E-state index contributed by atoms with van der Waals surface area (Å²) in [4.78, 5) is 25.3. The van der Waals surface area contributed by atoms with E-state index >= 15 is 0 Å². The molecular weight excluding hydrogens is 486 g/mol. The molecule has 8 nitrogen and oxygen atoms in total. The van der Waals surface area contributed by atoms with Crippen LogP contribution in [0.25, 0.3) is 10.1 Å². The summed E-state index contributed by atoms with van der Waals surface area (Å²) in [6, 6.07) is 21.2. The van der Waals surface area contributed by atoms with E-state index in [9.17, 15) is 18.0 Å². The van der Waals surface area contributed by atoms with Crippen LogP contribution >= 0.6 is 11.3 Å². The first-order valence-electron chi connectivity index (χ1n) is 10.7. The van der Waals surface area contributed by atoms with E-state index in [1.54, 1.807) is 41.9 Å². The second-order valence-corrected chi connectivity index (χ2v) is 10.8. The third-order valence-corrected chi connectivity index (χ3v) is 7.94. The van der Waals surface area contributed by atoms with Crippen LogP contribution in [0.15, 0.2) is 83.8 Å². The molecule has 1 atom stereocenters. The quantitative estimate of drug-likeness (QED) is 0.212. The van der Waals surface area contributed by atoms with E-state index in [2.05, 4.69) is 10.0 Å². The van der Waals surface area contributed by atoms with Crippen LogP contribution in [0.2, 0.25) is 0 Å². The van der Waals surface area contributed by atoms with E-state index < -0.39 is 27.9 Å². The third-order valence-electron chi connectivity index (χ3n) is 5.34. The Labute approximate surface area is 206 Å². The van der Waals surface area contributed by atoms with Crippen molar-refractivity contribution in [2.75, 3.05) is 5.32 Å². The van der Waals surface area contributed by atoms with Crippen LogP contribution in [0.1, 0.15) is 20.8 Å². The molecule has 10 heteroatoms. The summed E-state index contributed by atoms with van der Waals surface area (Å²) in [5.41, 5.74) is 3.77. The Hall–Kier alpha value is -3.57. The number of fused-ring (bicyclic) bond motifs is 1. The van der Waals surface area contributed by atoms with Crippen molar-refractivity contribution in [1.82, 2.24) is 10.2 Å². The molecule has 0 unspecified atom stereocenters. The summed E-state index contributed by atoms with van der Waals surface area (Å²) in [5.74, 6) is -1.14. The molecule has 0 saturated carbocycles. The van der Waals surface area contributed by atoms with Gasteiger partial charge in [0.1, 0.15) is 6.04 Å². The van der Waals surface area contributed by atoms with Gasteiger partial charge in [-0.25, -0.2) is 13.9 Å². The minimum atomic E-state index is -3.95. The maximum Gasteiger partial charge on any atom is 0.284 e. The number of benzene rings is 3. The summed E-state index contributed by atoms with van der Waals surface area (Å²) in [7, 11) is -3.95. The number of carbonyl (C=O) groups excluding carboxylic acids is 2. The number of hydrogen-bond acceptors (Lipinski definition) is 6. The number of nitrogens with one attached hydrogen (secondary N) is 3. The number of thiophene rings is 1. The van der Waals surface area contributed by atoms with Gasteiger partial charge in [-0.05, 0) is 60.7 Å². The molecule has 1 heterocycles. The number of hydrogen-bond donors (Lipinski definition) is 4. The fourth-order valence-corrected chi connectivity index (χ4v) is 5.66. The lowest BCUT2D eigenvalue weighted by Crippen LogP contribution is -2.45. The van der Waals surface area contributed by atoms with Crippen LogP contribution in [0, 0.1) is 6.92 Å². The monoisotopic (exact) mass is 509 g/mol. The molecule has 4 N–H and O–H groups in total. The Morgan fingerprint density at radius 2 is 1.69 bits per heavy atom. The number of anilines is 1. The molecule has 4 aromatic rings. The third kappa shape index (κ3) is 5.92. The predicted molar refractivity (Wildman–Crippen MR) is 135 cm³/mol. The van der Waals surface area contributed by atoms with Crippen LogP contribution in [0.5, 0.6) is 0 Å². The molecule has 0 saturated heterocycles. The molecule has 0 aliphatic rings. The average molecular weight is 510 g/mol. The van der Waals surface area contributed by atoms with Crippen molar-refractivity contribution in [2.24, 2.45) is 0 Å². The molecule has 0 fully saturated rings. The fraction of sp³-hybridized carbons (Fsp3) is 0.120. The van der Waals surface area contributed by atoms with Crippen molar-refractivity contribution in [3.05, 3.63) is 94.9 Å². The maximum absolute atomic E-state index is 13.2. The summed E-state index contributed by atoms with van der Waals surface area (Å²) in [6.07, 6.45) is 0.152. The van der Waals surface area contributed by atoms with E-state index in [-0.39, 0.29) is 11.3 Å². The van der Waals surface area contributed by atoms with Crippen molar-refractivity contribution in [3.8, 4) is 0 Å². The lowest BCUT2D eigenvalue weighted by Gasteiger charge is -2.19. The Morgan fingerprint density at radius 3 is 2.37 bits per heavy atom. The molecule has 3 aromatic carbocycles. The lowest BCUT2D eigenvalue weighted by molar-refractivity contribution is -0.117. The van der Waals surface area contributed by atoms with Gasteiger partial charge in [-0.15, -0.1) is 11.3 Å². The first kappa shape index (κ1) is 24.6. The first-order valence-corrected chi connectivity index (χ1v) is 13.0. The zero-order chi connectivity index (χ0) is 25.0. The van der Waals surface area contributed by atoms with E-state index in [4.69, 9.17) is 5.21 Å².